The maximum absolute atomic E-state index is 12.0. The Kier molecular flexibility index (Phi) is 10.6. The third-order valence-electron chi connectivity index (χ3n) is 3.91. The predicted molar refractivity (Wildman–Crippen MR) is 131 cm³/mol. The average Bonchev–Trinajstić information content (AvgIpc) is 2.74. The number of hydrogen-bond donors (Lipinski definition) is 2. The molecule has 2 rings (SSSR count). The van der Waals surface area contributed by atoms with E-state index in [2.05, 4.69) is 38.4 Å². The molecule has 31 heavy (non-hydrogen) atoms. The van der Waals surface area contributed by atoms with Gasteiger partial charge in [0, 0.05) is 12.8 Å². The van der Waals surface area contributed by atoms with Crippen molar-refractivity contribution < 1.29 is 19.1 Å². The molecule has 0 aliphatic heterocycles. The van der Waals surface area contributed by atoms with Crippen molar-refractivity contribution in [2.45, 2.75) is 33.1 Å². The van der Waals surface area contributed by atoms with Crippen LogP contribution in [0.25, 0.3) is 0 Å². The minimum atomic E-state index is -0.367. The molecule has 0 fully saturated rings. The second kappa shape index (κ2) is 13.2. The molecule has 2 amide bonds. The first-order valence-corrected chi connectivity index (χ1v) is 11.4. The second-order valence-electron chi connectivity index (χ2n) is 6.43. The number of rotatable bonds is 11. The molecule has 0 atom stereocenters. The highest BCUT2D eigenvalue weighted by Gasteiger charge is 2.12. The number of amides is 2. The lowest BCUT2D eigenvalue weighted by atomic mass is 10.2. The molecule has 0 aliphatic rings. The van der Waals surface area contributed by atoms with E-state index in [1.807, 2.05) is 26.0 Å². The second-order valence-corrected chi connectivity index (χ2v) is 8.00. The van der Waals surface area contributed by atoms with Crippen molar-refractivity contribution in [3.05, 3.63) is 50.6 Å². The fourth-order valence-corrected chi connectivity index (χ4v) is 3.47. The Balaban J connectivity index is 1.88. The van der Waals surface area contributed by atoms with Crippen LogP contribution in [0.4, 0.5) is 5.69 Å². The lowest BCUT2D eigenvalue weighted by molar-refractivity contribution is -0.124. The van der Waals surface area contributed by atoms with Gasteiger partial charge in [0.1, 0.15) is 0 Å². The van der Waals surface area contributed by atoms with Gasteiger partial charge in [-0.25, -0.2) is 5.43 Å². The van der Waals surface area contributed by atoms with Crippen LogP contribution in [0.2, 0.25) is 5.02 Å². The van der Waals surface area contributed by atoms with Crippen LogP contribution in [0.1, 0.15) is 38.7 Å². The summed E-state index contributed by atoms with van der Waals surface area (Å²) in [4.78, 5) is 24.0. The Hall–Kier alpha value is -2.33. The van der Waals surface area contributed by atoms with Crippen LogP contribution in [0, 0.1) is 3.57 Å². The van der Waals surface area contributed by atoms with E-state index in [0.29, 0.717) is 35.4 Å². The van der Waals surface area contributed by atoms with Crippen LogP contribution in [0.3, 0.4) is 0 Å². The molecule has 2 aromatic rings. The fraction of sp³-hybridized carbons (Fsp3) is 0.318. The molecule has 0 saturated heterocycles. The van der Waals surface area contributed by atoms with E-state index in [-0.39, 0.29) is 24.7 Å². The lowest BCUT2D eigenvalue weighted by Crippen LogP contribution is -2.20. The normalized spacial score (nSPS) is 10.7. The number of carbonyl (C=O) groups is 2. The van der Waals surface area contributed by atoms with Crippen LogP contribution < -0.4 is 20.2 Å². The molecule has 0 saturated carbocycles. The standard InChI is InChI=1S/C22H25ClIN3O4/c1-3-11-31-22-17(24)12-15(13-19(22)30-4-2)14-25-27-21(29)10-9-20(28)26-18-8-6-5-7-16(18)23/h5-8,12-14H,3-4,9-11H2,1-2H3,(H,26,28)(H,27,29). The molecule has 7 nitrogen and oxygen atoms in total. The summed E-state index contributed by atoms with van der Waals surface area (Å²) in [6, 6.07) is 10.6. The smallest absolute Gasteiger partial charge is 0.240 e. The predicted octanol–water partition coefficient (Wildman–Crippen LogP) is 5.00. The zero-order chi connectivity index (χ0) is 22.6. The van der Waals surface area contributed by atoms with E-state index in [1.54, 1.807) is 24.3 Å². The first kappa shape index (κ1) is 24.9. The Morgan fingerprint density at radius 1 is 1.13 bits per heavy atom. The van der Waals surface area contributed by atoms with Crippen molar-refractivity contribution in [3.63, 3.8) is 0 Å². The molecule has 0 heterocycles. The van der Waals surface area contributed by atoms with Gasteiger partial charge in [0.05, 0.1) is 33.7 Å². The Morgan fingerprint density at radius 2 is 1.87 bits per heavy atom. The van der Waals surface area contributed by atoms with E-state index < -0.39 is 0 Å². The molecule has 0 spiro atoms. The fourth-order valence-electron chi connectivity index (χ4n) is 2.51. The maximum atomic E-state index is 12.0. The molecule has 9 heteroatoms. The molecule has 0 bridgehead atoms. The average molecular weight is 558 g/mol. The summed E-state index contributed by atoms with van der Waals surface area (Å²) < 4.78 is 12.3. The van der Waals surface area contributed by atoms with Gasteiger partial charge in [0.15, 0.2) is 11.5 Å². The summed E-state index contributed by atoms with van der Waals surface area (Å²) >= 11 is 8.18. The monoisotopic (exact) mass is 557 g/mol. The summed E-state index contributed by atoms with van der Waals surface area (Å²) in [5.41, 5.74) is 3.70. The third kappa shape index (κ3) is 8.37. The summed E-state index contributed by atoms with van der Waals surface area (Å²) in [7, 11) is 0. The van der Waals surface area contributed by atoms with Crippen molar-refractivity contribution in [2.24, 2.45) is 5.10 Å². The molecule has 0 aromatic heterocycles. The molecule has 0 unspecified atom stereocenters. The highest BCUT2D eigenvalue weighted by atomic mass is 127. The van der Waals surface area contributed by atoms with Crippen LogP contribution in [-0.2, 0) is 9.59 Å². The van der Waals surface area contributed by atoms with Crippen molar-refractivity contribution >= 4 is 57.9 Å². The molecule has 166 valence electrons. The van der Waals surface area contributed by atoms with E-state index in [9.17, 15) is 9.59 Å². The zero-order valence-electron chi connectivity index (χ0n) is 17.4. The van der Waals surface area contributed by atoms with Gasteiger partial charge < -0.3 is 14.8 Å². The Labute approximate surface area is 200 Å². The molecule has 0 aliphatic carbocycles. The first-order chi connectivity index (χ1) is 14.9. The number of ether oxygens (including phenoxy) is 2. The maximum Gasteiger partial charge on any atom is 0.240 e. The van der Waals surface area contributed by atoms with E-state index in [1.165, 1.54) is 6.21 Å². The van der Waals surface area contributed by atoms with Gasteiger partial charge in [-0.2, -0.15) is 5.10 Å². The number of carbonyl (C=O) groups excluding carboxylic acids is 2. The summed E-state index contributed by atoms with van der Waals surface area (Å²) in [6.07, 6.45) is 2.44. The topological polar surface area (TPSA) is 89.0 Å². The minimum Gasteiger partial charge on any atom is -0.490 e. The van der Waals surface area contributed by atoms with Crippen LogP contribution in [-0.4, -0.2) is 31.2 Å². The van der Waals surface area contributed by atoms with Crippen molar-refractivity contribution in [1.82, 2.24) is 5.43 Å². The summed E-state index contributed by atoms with van der Waals surface area (Å²) in [6.45, 7) is 5.05. The molecule has 2 N–H and O–H groups in total. The molecule has 0 radical (unpaired) electrons. The van der Waals surface area contributed by atoms with Gasteiger partial charge in [-0.15, -0.1) is 0 Å². The highest BCUT2D eigenvalue weighted by Crippen LogP contribution is 2.34. The van der Waals surface area contributed by atoms with Crippen molar-refractivity contribution in [3.8, 4) is 11.5 Å². The van der Waals surface area contributed by atoms with Crippen molar-refractivity contribution in [1.29, 1.82) is 0 Å². The SMILES string of the molecule is CCCOc1c(I)cc(C=NNC(=O)CCC(=O)Nc2ccccc2Cl)cc1OCC. The largest absolute Gasteiger partial charge is 0.490 e. The number of para-hydroxylation sites is 1. The number of anilines is 1. The molecular formula is C22H25ClIN3O4. The van der Waals surface area contributed by atoms with Gasteiger partial charge in [-0.1, -0.05) is 30.7 Å². The molecular weight excluding hydrogens is 533 g/mol. The van der Waals surface area contributed by atoms with E-state index in [4.69, 9.17) is 21.1 Å². The quantitative estimate of drug-likeness (QED) is 0.231. The number of hydrazone groups is 1. The first-order valence-electron chi connectivity index (χ1n) is 9.90. The van der Waals surface area contributed by atoms with Gasteiger partial charge in [0.25, 0.3) is 0 Å². The summed E-state index contributed by atoms with van der Waals surface area (Å²) in [5.74, 6) is 0.667. The Bertz CT molecular complexity index is 937. The number of nitrogens with zero attached hydrogens (tertiary/aromatic N) is 1. The van der Waals surface area contributed by atoms with Crippen LogP contribution in [0.5, 0.6) is 11.5 Å². The number of hydrogen-bond acceptors (Lipinski definition) is 5. The minimum absolute atomic E-state index is 0.000841. The zero-order valence-corrected chi connectivity index (χ0v) is 20.3. The summed E-state index contributed by atoms with van der Waals surface area (Å²) in [5, 5.41) is 7.09. The lowest BCUT2D eigenvalue weighted by Gasteiger charge is -2.14. The van der Waals surface area contributed by atoms with Crippen LogP contribution >= 0.6 is 34.2 Å². The van der Waals surface area contributed by atoms with Gasteiger partial charge >= 0.3 is 0 Å². The number of halogens is 2. The van der Waals surface area contributed by atoms with Gasteiger partial charge in [0.2, 0.25) is 11.8 Å². The van der Waals surface area contributed by atoms with Crippen LogP contribution in [0.15, 0.2) is 41.5 Å². The van der Waals surface area contributed by atoms with Crippen molar-refractivity contribution in [2.75, 3.05) is 18.5 Å². The van der Waals surface area contributed by atoms with E-state index >= 15 is 0 Å². The number of nitrogens with one attached hydrogen (secondary N) is 2. The van der Waals surface area contributed by atoms with Gasteiger partial charge in [-0.3, -0.25) is 9.59 Å². The van der Waals surface area contributed by atoms with Gasteiger partial charge in [-0.05, 0) is 65.8 Å². The third-order valence-corrected chi connectivity index (χ3v) is 5.04. The number of benzene rings is 2. The highest BCUT2D eigenvalue weighted by molar-refractivity contribution is 14.1. The van der Waals surface area contributed by atoms with E-state index in [0.717, 1.165) is 15.6 Å². The molecule has 2 aromatic carbocycles. The Morgan fingerprint density at radius 3 is 2.58 bits per heavy atom.